The van der Waals surface area contributed by atoms with E-state index in [1.807, 2.05) is 30.3 Å². The number of aryl methyl sites for hydroxylation is 1. The molecule has 1 amide bonds. The molecule has 1 rings (SSSR count). The van der Waals surface area contributed by atoms with Gasteiger partial charge in [-0.1, -0.05) is 30.3 Å². The standard InChI is InChI=1S/C11H14N2O4/c12-11(14)17-10(8-13(15)16)7-6-9-4-2-1-3-5-9/h1-5,10H,6-8H2,(H2,12,14)/t10-/m1/s1. The second-order valence-electron chi connectivity index (χ2n) is 3.60. The first-order valence-corrected chi connectivity index (χ1v) is 5.19. The summed E-state index contributed by atoms with van der Waals surface area (Å²) in [6.45, 7) is -0.421. The first kappa shape index (κ1) is 13.0. The van der Waals surface area contributed by atoms with Crippen LogP contribution >= 0.6 is 0 Å². The van der Waals surface area contributed by atoms with Gasteiger partial charge in [0.1, 0.15) is 0 Å². The molecule has 0 fully saturated rings. The smallest absolute Gasteiger partial charge is 0.405 e. The van der Waals surface area contributed by atoms with E-state index < -0.39 is 23.7 Å². The van der Waals surface area contributed by atoms with Crippen molar-refractivity contribution in [3.63, 3.8) is 0 Å². The summed E-state index contributed by atoms with van der Waals surface area (Å²) in [6, 6.07) is 9.47. The number of nitrogens with two attached hydrogens (primary N) is 1. The van der Waals surface area contributed by atoms with Crippen LogP contribution in [0.25, 0.3) is 0 Å². The van der Waals surface area contributed by atoms with Gasteiger partial charge in [-0.15, -0.1) is 0 Å². The van der Waals surface area contributed by atoms with Crippen molar-refractivity contribution in [2.75, 3.05) is 6.54 Å². The summed E-state index contributed by atoms with van der Waals surface area (Å²) in [5.74, 6) is 0. The van der Waals surface area contributed by atoms with Crippen LogP contribution in [0.4, 0.5) is 4.79 Å². The van der Waals surface area contributed by atoms with E-state index in [-0.39, 0.29) is 0 Å². The molecule has 6 nitrogen and oxygen atoms in total. The van der Waals surface area contributed by atoms with Crippen LogP contribution in [0.5, 0.6) is 0 Å². The van der Waals surface area contributed by atoms with Crippen molar-refractivity contribution >= 4 is 6.09 Å². The van der Waals surface area contributed by atoms with E-state index in [9.17, 15) is 14.9 Å². The van der Waals surface area contributed by atoms with Gasteiger partial charge in [0.15, 0.2) is 6.10 Å². The SMILES string of the molecule is NC(=O)O[C@H](CCc1ccccc1)C[N+](=O)[O-]. The van der Waals surface area contributed by atoms with Crippen LogP contribution in [0, 0.1) is 10.1 Å². The molecule has 17 heavy (non-hydrogen) atoms. The molecular formula is C11H14N2O4. The average Bonchev–Trinajstić information content (AvgIpc) is 2.26. The number of carbonyl (C=O) groups is 1. The average molecular weight is 238 g/mol. The van der Waals surface area contributed by atoms with Crippen LogP contribution in [-0.4, -0.2) is 23.7 Å². The van der Waals surface area contributed by atoms with E-state index >= 15 is 0 Å². The Balaban J connectivity index is 2.48. The normalized spacial score (nSPS) is 11.8. The number of nitrogens with zero attached hydrogens (tertiary/aromatic N) is 1. The fourth-order valence-electron chi connectivity index (χ4n) is 1.49. The van der Waals surface area contributed by atoms with Gasteiger partial charge in [0.05, 0.1) is 0 Å². The van der Waals surface area contributed by atoms with Crippen LogP contribution < -0.4 is 5.73 Å². The molecule has 0 unspecified atom stereocenters. The lowest BCUT2D eigenvalue weighted by Gasteiger charge is -2.12. The molecule has 0 aliphatic heterocycles. The Labute approximate surface area is 98.5 Å². The molecule has 2 N–H and O–H groups in total. The Kier molecular flexibility index (Phi) is 4.93. The number of rotatable bonds is 6. The number of hydrogen-bond acceptors (Lipinski definition) is 4. The van der Waals surface area contributed by atoms with Gasteiger partial charge < -0.3 is 10.5 Å². The first-order chi connectivity index (χ1) is 8.08. The van der Waals surface area contributed by atoms with Gasteiger partial charge in [-0.3, -0.25) is 10.1 Å². The fraction of sp³-hybridized carbons (Fsp3) is 0.364. The van der Waals surface area contributed by atoms with Gasteiger partial charge >= 0.3 is 6.09 Å². The molecule has 0 spiro atoms. The quantitative estimate of drug-likeness (QED) is 0.597. The topological polar surface area (TPSA) is 95.5 Å². The summed E-state index contributed by atoms with van der Waals surface area (Å²) in [7, 11) is 0. The largest absolute Gasteiger partial charge is 0.439 e. The Morgan fingerprint density at radius 3 is 2.59 bits per heavy atom. The maximum Gasteiger partial charge on any atom is 0.405 e. The number of amides is 1. The monoisotopic (exact) mass is 238 g/mol. The maximum atomic E-state index is 10.6. The Morgan fingerprint density at radius 2 is 2.06 bits per heavy atom. The summed E-state index contributed by atoms with van der Waals surface area (Å²) in [6.07, 6.45) is -0.770. The van der Waals surface area contributed by atoms with E-state index in [0.29, 0.717) is 12.8 Å². The van der Waals surface area contributed by atoms with Crippen molar-refractivity contribution in [3.05, 3.63) is 46.0 Å². The maximum absolute atomic E-state index is 10.6. The number of ether oxygens (including phenoxy) is 1. The van der Waals surface area contributed by atoms with Gasteiger partial charge in [0.25, 0.3) is 0 Å². The minimum atomic E-state index is -0.982. The van der Waals surface area contributed by atoms with Gasteiger partial charge in [0, 0.05) is 4.92 Å². The molecule has 6 heteroatoms. The molecule has 0 heterocycles. The van der Waals surface area contributed by atoms with E-state index in [1.54, 1.807) is 0 Å². The van der Waals surface area contributed by atoms with Gasteiger partial charge in [-0.2, -0.15) is 0 Å². The van der Waals surface area contributed by atoms with Crippen molar-refractivity contribution in [3.8, 4) is 0 Å². The highest BCUT2D eigenvalue weighted by Gasteiger charge is 2.18. The Morgan fingerprint density at radius 1 is 1.41 bits per heavy atom. The third kappa shape index (κ3) is 5.50. The zero-order valence-electron chi connectivity index (χ0n) is 9.24. The molecule has 1 atom stereocenters. The van der Waals surface area contributed by atoms with Crippen molar-refractivity contribution in [2.45, 2.75) is 18.9 Å². The summed E-state index contributed by atoms with van der Waals surface area (Å²) in [5.41, 5.74) is 5.89. The summed E-state index contributed by atoms with van der Waals surface area (Å²) < 4.78 is 4.68. The molecule has 0 saturated carbocycles. The minimum Gasteiger partial charge on any atom is -0.439 e. The first-order valence-electron chi connectivity index (χ1n) is 5.19. The van der Waals surface area contributed by atoms with E-state index in [2.05, 4.69) is 4.74 Å². The lowest BCUT2D eigenvalue weighted by molar-refractivity contribution is -0.489. The van der Waals surface area contributed by atoms with Gasteiger partial charge in [-0.25, -0.2) is 4.79 Å². The van der Waals surface area contributed by atoms with Crippen LogP contribution in [0.2, 0.25) is 0 Å². The van der Waals surface area contributed by atoms with Gasteiger partial charge in [0.2, 0.25) is 6.54 Å². The molecule has 92 valence electrons. The third-order valence-electron chi connectivity index (χ3n) is 2.23. The second-order valence-corrected chi connectivity index (χ2v) is 3.60. The highest BCUT2D eigenvalue weighted by Crippen LogP contribution is 2.07. The zero-order chi connectivity index (χ0) is 12.7. The molecule has 0 saturated heterocycles. The van der Waals surface area contributed by atoms with Crippen LogP contribution in [-0.2, 0) is 11.2 Å². The van der Waals surface area contributed by atoms with E-state index in [0.717, 1.165) is 5.56 Å². The predicted molar refractivity (Wildman–Crippen MR) is 61.1 cm³/mol. The summed E-state index contributed by atoms with van der Waals surface area (Å²) >= 11 is 0. The van der Waals surface area contributed by atoms with Crippen molar-refractivity contribution < 1.29 is 14.5 Å². The lowest BCUT2D eigenvalue weighted by atomic mass is 10.1. The number of carbonyl (C=O) groups excluding carboxylic acids is 1. The van der Waals surface area contributed by atoms with Crippen LogP contribution in [0.1, 0.15) is 12.0 Å². The second kappa shape index (κ2) is 6.47. The Hall–Kier alpha value is -2.11. The molecule has 1 aromatic rings. The minimum absolute atomic E-state index is 0.383. The number of benzene rings is 1. The fourth-order valence-corrected chi connectivity index (χ4v) is 1.49. The molecule has 1 aromatic carbocycles. The number of nitro groups is 1. The molecule has 0 radical (unpaired) electrons. The highest BCUT2D eigenvalue weighted by molar-refractivity contribution is 5.64. The van der Waals surface area contributed by atoms with E-state index in [1.165, 1.54) is 0 Å². The van der Waals surface area contributed by atoms with Crippen molar-refractivity contribution in [1.29, 1.82) is 0 Å². The predicted octanol–water partition coefficient (Wildman–Crippen LogP) is 1.36. The summed E-state index contributed by atoms with van der Waals surface area (Å²) in [5, 5.41) is 10.4. The number of hydrogen-bond donors (Lipinski definition) is 1. The number of primary amides is 1. The van der Waals surface area contributed by atoms with Crippen molar-refractivity contribution in [2.24, 2.45) is 5.73 Å². The lowest BCUT2D eigenvalue weighted by Crippen LogP contribution is -2.29. The van der Waals surface area contributed by atoms with Gasteiger partial charge in [-0.05, 0) is 18.4 Å². The summed E-state index contributed by atoms with van der Waals surface area (Å²) in [4.78, 5) is 20.4. The van der Waals surface area contributed by atoms with Crippen LogP contribution in [0.3, 0.4) is 0 Å². The molecule has 0 aliphatic rings. The Bertz CT molecular complexity index is 364. The van der Waals surface area contributed by atoms with Crippen LogP contribution in [0.15, 0.2) is 30.3 Å². The molecule has 0 aliphatic carbocycles. The highest BCUT2D eigenvalue weighted by atomic mass is 16.6. The zero-order valence-corrected chi connectivity index (χ0v) is 9.24. The molecule has 0 bridgehead atoms. The third-order valence-corrected chi connectivity index (χ3v) is 2.23. The van der Waals surface area contributed by atoms with Crippen molar-refractivity contribution in [1.82, 2.24) is 0 Å². The molecule has 0 aromatic heterocycles. The molecular weight excluding hydrogens is 224 g/mol. The van der Waals surface area contributed by atoms with E-state index in [4.69, 9.17) is 5.73 Å².